The Morgan fingerprint density at radius 1 is 0.903 bits per heavy atom. The van der Waals surface area contributed by atoms with Crippen LogP contribution in [0.5, 0.6) is 0 Å². The van der Waals surface area contributed by atoms with Crippen molar-refractivity contribution in [2.45, 2.75) is 135 Å². The van der Waals surface area contributed by atoms with Crippen LogP contribution in [-0.2, 0) is 42.1 Å². The summed E-state index contributed by atoms with van der Waals surface area (Å²) >= 11 is 0. The molecule has 2 aromatic heterocycles. The van der Waals surface area contributed by atoms with E-state index < -0.39 is 149 Å². The van der Waals surface area contributed by atoms with Crippen molar-refractivity contribution in [2.24, 2.45) is 0 Å². The standard InChI is InChI=1S/C32H55N10O19P/c33-2-1-11(44)29(52)41-10-3-9(35)24(23(51)25(10)60-31-19(47)15(36)17(45)13(5-43)58-31)59-32-22(50)20(48)26(12(4-34)57-32)61-62(53,54)55-6-14-18(46)21(49)30(56-14)42-8-40-16-27(37)38-7-39-28(16)42/h7-15,17-26,30-32,43-51H,1-6,33-36H2,(H,41,52)(H,53,54)(H2,37,38,39)/p+3/t9-,10+,11-,12+,13+,14+,15-,17+,18+,19+,20+,21+,22+,23-,24+,25-,26+,30+,31+,32+/m0/s1. The number of hydrogen-bond donors (Lipinski definition) is 15. The molecule has 3 saturated heterocycles. The number of quaternary nitrogens is 4. The van der Waals surface area contributed by atoms with Gasteiger partial charge >= 0.3 is 0 Å². The van der Waals surface area contributed by atoms with Crippen LogP contribution in [0.4, 0.5) is 5.82 Å². The number of aliphatic hydroxyl groups is 9. The van der Waals surface area contributed by atoms with Crippen LogP contribution in [0.15, 0.2) is 12.7 Å². The second-order valence-electron chi connectivity index (χ2n) is 15.6. The lowest BCUT2D eigenvalue weighted by atomic mass is 9.83. The van der Waals surface area contributed by atoms with E-state index in [2.05, 4.69) is 43.2 Å². The van der Waals surface area contributed by atoms with Crippen molar-refractivity contribution in [3.05, 3.63) is 12.7 Å². The lowest BCUT2D eigenvalue weighted by molar-refractivity contribution is -0.494. The molecular weight excluding hydrogens is 859 g/mol. The van der Waals surface area contributed by atoms with Crippen LogP contribution in [0.1, 0.15) is 19.1 Å². The fourth-order valence-electron chi connectivity index (χ4n) is 7.87. The number of hydrogen-bond acceptors (Lipinski definition) is 23. The Balaban J connectivity index is 1.11. The fourth-order valence-corrected chi connectivity index (χ4v) is 8.82. The first-order valence-corrected chi connectivity index (χ1v) is 21.2. The van der Waals surface area contributed by atoms with E-state index in [1.54, 1.807) is 0 Å². The van der Waals surface area contributed by atoms with Crippen LogP contribution >= 0.6 is 7.82 Å². The number of anilines is 1. The zero-order valence-electron chi connectivity index (χ0n) is 33.2. The molecule has 4 fully saturated rings. The molecule has 21 atom stereocenters. The Kier molecular flexibility index (Phi) is 15.8. The summed E-state index contributed by atoms with van der Waals surface area (Å²) in [5, 5.41) is 99.4. The SMILES string of the molecule is Nc1ncnc2c1ncn2[C@@H]1O[C@H](COP(=O)([O-])O[C@H]2[C@H](O)[C@@H](O)[C@@H](O[C@H]3[C@H](O)[C@@H](O[C@H]4O[C@H](CO)[C@@H](O)[C@H]([NH3+])[C@H]4O)[C@H](NC(=O)[C@@H](O)CC[NH3+])C[C@@H]3[NH3+])O[C@@H]2C[NH3+])[C@@H](O)[C@H]1O. The van der Waals surface area contributed by atoms with Crippen LogP contribution in [-0.4, -0.2) is 214 Å². The number of nitrogen functional groups attached to an aromatic ring is 1. The molecule has 0 bridgehead atoms. The minimum Gasteiger partial charge on any atom is -0.756 e. The number of aliphatic hydroxyl groups excluding tert-OH is 9. The summed E-state index contributed by atoms with van der Waals surface area (Å²) in [6.07, 6.45) is -25.0. The largest absolute Gasteiger partial charge is 0.756 e. The quantitative estimate of drug-likeness (QED) is 0.0695. The molecule has 0 radical (unpaired) electrons. The molecule has 30 heteroatoms. The van der Waals surface area contributed by atoms with Crippen molar-refractivity contribution in [3.8, 4) is 0 Å². The third-order valence-corrected chi connectivity index (χ3v) is 12.3. The number of nitrogens with two attached hydrogens (primary N) is 1. The minimum absolute atomic E-state index is 0.00161. The first-order valence-electron chi connectivity index (χ1n) is 19.8. The van der Waals surface area contributed by atoms with E-state index in [0.29, 0.717) is 0 Å². The topological polar surface area (TPSA) is 496 Å². The first kappa shape index (κ1) is 48.7. The summed E-state index contributed by atoms with van der Waals surface area (Å²) in [6.45, 7) is -1.64. The molecule has 0 spiro atoms. The molecule has 3 aliphatic heterocycles. The number of phosphoric acid groups is 1. The minimum atomic E-state index is -5.44. The summed E-state index contributed by atoms with van der Waals surface area (Å²) in [7, 11) is -5.44. The second kappa shape index (κ2) is 20.2. The average Bonchev–Trinajstić information content (AvgIpc) is 3.79. The summed E-state index contributed by atoms with van der Waals surface area (Å²) in [5.41, 5.74) is 21.2. The predicted molar refractivity (Wildman–Crippen MR) is 194 cm³/mol. The highest BCUT2D eigenvalue weighted by Crippen LogP contribution is 2.45. The number of amides is 1. The molecule has 2 aromatic rings. The van der Waals surface area contributed by atoms with E-state index in [1.807, 2.05) is 0 Å². The van der Waals surface area contributed by atoms with Crippen molar-refractivity contribution >= 4 is 30.7 Å². The van der Waals surface area contributed by atoms with Gasteiger partial charge in [0.05, 0.1) is 32.1 Å². The zero-order valence-corrected chi connectivity index (χ0v) is 34.1. The third kappa shape index (κ3) is 10.0. The number of nitrogens with zero attached hydrogens (tertiary/aromatic N) is 4. The van der Waals surface area contributed by atoms with E-state index in [9.17, 15) is 60.2 Å². The Bertz CT molecular complexity index is 1860. The molecule has 5 heterocycles. The molecule has 29 nitrogen and oxygen atoms in total. The van der Waals surface area contributed by atoms with Crippen LogP contribution in [0.3, 0.4) is 0 Å². The number of fused-ring (bicyclic) bond motifs is 1. The van der Waals surface area contributed by atoms with E-state index in [4.69, 9.17) is 38.5 Å². The molecule has 1 aliphatic carbocycles. The number of carbonyl (C=O) groups excluding carboxylic acids is 1. The molecule has 6 rings (SSSR count). The average molecular weight is 918 g/mol. The van der Waals surface area contributed by atoms with Crippen molar-refractivity contribution in [2.75, 3.05) is 32.0 Å². The normalized spacial score (nSPS) is 41.8. The number of imidazole rings is 1. The Labute approximate surface area is 351 Å². The summed E-state index contributed by atoms with van der Waals surface area (Å²) < 4.78 is 53.6. The molecule has 1 amide bonds. The molecule has 1 saturated carbocycles. The third-order valence-electron chi connectivity index (χ3n) is 11.4. The van der Waals surface area contributed by atoms with Gasteiger partial charge in [-0.05, 0) is 0 Å². The lowest BCUT2D eigenvalue weighted by Crippen LogP contribution is -2.80. The molecule has 4 aliphatic rings. The number of rotatable bonds is 16. The Morgan fingerprint density at radius 2 is 1.58 bits per heavy atom. The highest BCUT2D eigenvalue weighted by atomic mass is 31.2. The van der Waals surface area contributed by atoms with Crippen molar-refractivity contribution in [1.82, 2.24) is 24.8 Å². The number of ether oxygens (including phenoxy) is 5. The Morgan fingerprint density at radius 3 is 2.26 bits per heavy atom. The van der Waals surface area contributed by atoms with Crippen molar-refractivity contribution in [1.29, 1.82) is 0 Å². The second-order valence-corrected chi connectivity index (χ2v) is 16.9. The van der Waals surface area contributed by atoms with Crippen LogP contribution in [0.2, 0.25) is 0 Å². The molecular formula is C32H58N10O19P+3. The van der Waals surface area contributed by atoms with Gasteiger partial charge in [-0.1, -0.05) is 0 Å². The van der Waals surface area contributed by atoms with Gasteiger partial charge in [0.1, 0.15) is 110 Å². The maximum atomic E-state index is 13.1. The van der Waals surface area contributed by atoms with Crippen LogP contribution in [0, 0.1) is 0 Å². The number of carbonyl (C=O) groups is 1. The number of nitrogens with one attached hydrogen (secondary N) is 1. The predicted octanol–water partition coefficient (Wildman–Crippen LogP) is -12.7. The Hall–Kier alpha value is -2.79. The number of aromatic nitrogens is 4. The van der Waals surface area contributed by atoms with Crippen molar-refractivity contribution < 1.29 is 116 Å². The summed E-state index contributed by atoms with van der Waals surface area (Å²) in [5.74, 6) is -0.800. The molecule has 352 valence electrons. The smallest absolute Gasteiger partial charge is 0.268 e. The fraction of sp³-hybridized carbons (Fsp3) is 0.812. The van der Waals surface area contributed by atoms with Gasteiger partial charge in [-0.3, -0.25) is 13.9 Å². The van der Waals surface area contributed by atoms with E-state index in [-0.39, 0.29) is 42.9 Å². The molecule has 24 N–H and O–H groups in total. The van der Waals surface area contributed by atoms with Crippen LogP contribution < -0.4 is 38.9 Å². The van der Waals surface area contributed by atoms with Gasteiger partial charge in [0.2, 0.25) is 5.91 Å². The van der Waals surface area contributed by atoms with Gasteiger partial charge in [-0.15, -0.1) is 0 Å². The summed E-state index contributed by atoms with van der Waals surface area (Å²) in [6, 6.07) is -3.19. The number of phosphoric ester groups is 1. The highest BCUT2D eigenvalue weighted by Gasteiger charge is 2.55. The zero-order chi connectivity index (χ0) is 45.4. The van der Waals surface area contributed by atoms with Gasteiger partial charge in [-0.2, -0.15) is 0 Å². The van der Waals surface area contributed by atoms with E-state index >= 15 is 0 Å². The van der Waals surface area contributed by atoms with E-state index in [0.717, 1.165) is 6.33 Å². The van der Waals surface area contributed by atoms with Crippen molar-refractivity contribution in [3.63, 3.8) is 0 Å². The maximum absolute atomic E-state index is 13.1. The van der Waals surface area contributed by atoms with Gasteiger partial charge in [0.15, 0.2) is 36.4 Å². The van der Waals surface area contributed by atoms with Gasteiger partial charge < -0.3 is 118 Å². The maximum Gasteiger partial charge on any atom is 0.268 e. The molecule has 1 unspecified atom stereocenters. The molecule has 0 aromatic carbocycles. The first-order chi connectivity index (χ1) is 29.3. The lowest BCUT2D eigenvalue weighted by Gasteiger charge is -2.48. The van der Waals surface area contributed by atoms with E-state index in [1.165, 1.54) is 10.9 Å². The van der Waals surface area contributed by atoms with Gasteiger partial charge in [0.25, 0.3) is 7.82 Å². The highest BCUT2D eigenvalue weighted by molar-refractivity contribution is 7.45. The monoisotopic (exact) mass is 917 g/mol. The summed E-state index contributed by atoms with van der Waals surface area (Å²) in [4.78, 5) is 38.0. The molecule has 62 heavy (non-hydrogen) atoms. The van der Waals surface area contributed by atoms with Crippen LogP contribution in [0.25, 0.3) is 11.2 Å². The van der Waals surface area contributed by atoms with Gasteiger partial charge in [-0.25, -0.2) is 15.0 Å². The van der Waals surface area contributed by atoms with Gasteiger partial charge in [0, 0.05) is 12.8 Å².